The van der Waals surface area contributed by atoms with E-state index in [9.17, 15) is 9.59 Å². The summed E-state index contributed by atoms with van der Waals surface area (Å²) < 4.78 is 0. The molecule has 0 radical (unpaired) electrons. The number of rotatable bonds is 8. The molecule has 1 unspecified atom stereocenters. The topological polar surface area (TPSA) is 49.7 Å². The summed E-state index contributed by atoms with van der Waals surface area (Å²) in [6.07, 6.45) is 1.71. The van der Waals surface area contributed by atoms with Gasteiger partial charge in [0.1, 0.15) is 0 Å². The van der Waals surface area contributed by atoms with Crippen LogP contribution in [0, 0.1) is 0 Å². The Bertz CT molecular complexity index is 1530. The minimum absolute atomic E-state index is 0.0574. The lowest BCUT2D eigenvalue weighted by molar-refractivity contribution is 0.0736. The standard InChI is InChI=1S/C33H26N2O2/c36-32(27-16-6-2-7-17-27)31(26-13-4-1-5-14-26)24-35(33(37)28-18-8-3-9-19-28)34-23-29-21-12-20-25-15-10-11-22-30(25)29/h1-23,31H,24H2. The average molecular weight is 483 g/mol. The normalized spacial score (nSPS) is 11.9. The van der Waals surface area contributed by atoms with Crippen molar-refractivity contribution in [2.24, 2.45) is 5.10 Å². The van der Waals surface area contributed by atoms with Gasteiger partial charge in [0.25, 0.3) is 5.91 Å². The predicted molar refractivity (Wildman–Crippen MR) is 149 cm³/mol. The molecule has 4 nitrogen and oxygen atoms in total. The molecule has 1 atom stereocenters. The lowest BCUT2D eigenvalue weighted by Crippen LogP contribution is -2.33. The van der Waals surface area contributed by atoms with Gasteiger partial charge in [-0.05, 0) is 28.5 Å². The van der Waals surface area contributed by atoms with Gasteiger partial charge in [-0.3, -0.25) is 9.59 Å². The SMILES string of the molecule is O=C(c1ccccc1)C(CN(N=Cc1cccc2ccccc12)C(=O)c1ccccc1)c1ccccc1. The molecule has 0 aliphatic carbocycles. The summed E-state index contributed by atoms with van der Waals surface area (Å²) in [7, 11) is 0. The monoisotopic (exact) mass is 482 g/mol. The number of ketones is 1. The van der Waals surface area contributed by atoms with E-state index < -0.39 is 5.92 Å². The summed E-state index contributed by atoms with van der Waals surface area (Å²) in [5.41, 5.74) is 2.84. The van der Waals surface area contributed by atoms with Crippen LogP contribution in [0.3, 0.4) is 0 Å². The zero-order chi connectivity index (χ0) is 25.5. The molecule has 4 heteroatoms. The van der Waals surface area contributed by atoms with Crippen molar-refractivity contribution < 1.29 is 9.59 Å². The first-order valence-corrected chi connectivity index (χ1v) is 12.2. The van der Waals surface area contributed by atoms with E-state index in [0.717, 1.165) is 21.9 Å². The maximum atomic E-state index is 13.7. The molecule has 0 saturated carbocycles. The highest BCUT2D eigenvalue weighted by atomic mass is 16.2. The third-order valence-corrected chi connectivity index (χ3v) is 6.35. The second-order valence-corrected chi connectivity index (χ2v) is 8.76. The van der Waals surface area contributed by atoms with Gasteiger partial charge in [0.05, 0.1) is 18.7 Å². The summed E-state index contributed by atoms with van der Waals surface area (Å²) in [4.78, 5) is 27.4. The molecule has 180 valence electrons. The van der Waals surface area contributed by atoms with Gasteiger partial charge in [-0.2, -0.15) is 5.10 Å². The average Bonchev–Trinajstić information content (AvgIpc) is 2.98. The highest BCUT2D eigenvalue weighted by molar-refractivity contribution is 6.03. The Balaban J connectivity index is 1.55. The third kappa shape index (κ3) is 5.54. The second-order valence-electron chi connectivity index (χ2n) is 8.76. The molecule has 5 rings (SSSR count). The molecule has 5 aromatic rings. The van der Waals surface area contributed by atoms with Gasteiger partial charge in [0, 0.05) is 16.7 Å². The Kier molecular flexibility index (Phi) is 7.28. The van der Waals surface area contributed by atoms with Gasteiger partial charge in [-0.1, -0.05) is 121 Å². The van der Waals surface area contributed by atoms with Crippen molar-refractivity contribution in [3.05, 3.63) is 156 Å². The molecular weight excluding hydrogens is 456 g/mol. The molecule has 0 aliphatic rings. The van der Waals surface area contributed by atoms with E-state index in [4.69, 9.17) is 0 Å². The fraction of sp³-hybridized carbons (Fsp3) is 0.0606. The number of carbonyl (C=O) groups excluding carboxylic acids is 2. The molecule has 0 N–H and O–H groups in total. The van der Waals surface area contributed by atoms with E-state index in [2.05, 4.69) is 5.10 Å². The van der Waals surface area contributed by atoms with Crippen LogP contribution in [-0.4, -0.2) is 29.5 Å². The summed E-state index contributed by atoms with van der Waals surface area (Å²) in [5.74, 6) is -0.905. The van der Waals surface area contributed by atoms with Gasteiger partial charge in [-0.25, -0.2) is 5.01 Å². The van der Waals surface area contributed by atoms with Crippen molar-refractivity contribution in [2.75, 3.05) is 6.54 Å². The minimum Gasteiger partial charge on any atom is -0.293 e. The van der Waals surface area contributed by atoms with Gasteiger partial charge >= 0.3 is 0 Å². The zero-order valence-corrected chi connectivity index (χ0v) is 20.3. The smallest absolute Gasteiger partial charge is 0.273 e. The molecular formula is C33H26N2O2. The molecule has 0 heterocycles. The fourth-order valence-electron chi connectivity index (χ4n) is 4.41. The first-order chi connectivity index (χ1) is 18.2. The van der Waals surface area contributed by atoms with Crippen molar-refractivity contribution in [1.82, 2.24) is 5.01 Å². The van der Waals surface area contributed by atoms with E-state index in [1.807, 2.05) is 109 Å². The van der Waals surface area contributed by atoms with Crippen molar-refractivity contribution in [3.8, 4) is 0 Å². The fourth-order valence-corrected chi connectivity index (χ4v) is 4.41. The second kappa shape index (κ2) is 11.3. The number of benzene rings is 5. The quantitative estimate of drug-likeness (QED) is 0.136. The highest BCUT2D eigenvalue weighted by Gasteiger charge is 2.27. The number of Topliss-reactive ketones (excluding diaryl/α,β-unsaturated/α-hetero) is 1. The molecule has 37 heavy (non-hydrogen) atoms. The number of hydrogen-bond donors (Lipinski definition) is 0. The molecule has 0 bridgehead atoms. The van der Waals surface area contributed by atoms with E-state index in [0.29, 0.717) is 11.1 Å². The van der Waals surface area contributed by atoms with Crippen LogP contribution in [0.25, 0.3) is 10.8 Å². The molecule has 0 spiro atoms. The number of nitrogens with zero attached hydrogens (tertiary/aromatic N) is 2. The largest absolute Gasteiger partial charge is 0.293 e. The highest BCUT2D eigenvalue weighted by Crippen LogP contribution is 2.24. The van der Waals surface area contributed by atoms with Crippen LogP contribution in [0.1, 0.15) is 37.8 Å². The van der Waals surface area contributed by atoms with Crippen LogP contribution in [0.4, 0.5) is 0 Å². The molecule has 0 aliphatic heterocycles. The number of carbonyl (C=O) groups is 2. The van der Waals surface area contributed by atoms with Crippen LogP contribution in [-0.2, 0) is 0 Å². The molecule has 1 amide bonds. The predicted octanol–water partition coefficient (Wildman–Crippen LogP) is 6.98. The number of fused-ring (bicyclic) bond motifs is 1. The lowest BCUT2D eigenvalue weighted by Gasteiger charge is -2.24. The van der Waals surface area contributed by atoms with Crippen LogP contribution in [0.15, 0.2) is 139 Å². The van der Waals surface area contributed by atoms with Crippen molar-refractivity contribution >= 4 is 28.7 Å². The lowest BCUT2D eigenvalue weighted by atomic mass is 9.90. The number of amides is 1. The van der Waals surface area contributed by atoms with E-state index in [1.165, 1.54) is 5.01 Å². The van der Waals surface area contributed by atoms with Gasteiger partial charge in [-0.15, -0.1) is 0 Å². The Morgan fingerprint density at radius 2 is 1.22 bits per heavy atom. The van der Waals surface area contributed by atoms with Crippen molar-refractivity contribution in [2.45, 2.75) is 5.92 Å². The third-order valence-electron chi connectivity index (χ3n) is 6.35. The van der Waals surface area contributed by atoms with Crippen LogP contribution in [0.2, 0.25) is 0 Å². The zero-order valence-electron chi connectivity index (χ0n) is 20.3. The first kappa shape index (κ1) is 23.9. The van der Waals surface area contributed by atoms with Crippen molar-refractivity contribution in [1.29, 1.82) is 0 Å². The maximum Gasteiger partial charge on any atom is 0.273 e. The molecule has 0 saturated heterocycles. The Hall–Kier alpha value is -4.83. The van der Waals surface area contributed by atoms with Crippen LogP contribution >= 0.6 is 0 Å². The molecule has 0 aromatic heterocycles. The summed E-state index contributed by atoms with van der Waals surface area (Å²) in [5, 5.41) is 8.21. The Morgan fingerprint density at radius 1 is 0.649 bits per heavy atom. The van der Waals surface area contributed by atoms with E-state index >= 15 is 0 Å². The van der Waals surface area contributed by atoms with E-state index in [-0.39, 0.29) is 18.2 Å². The summed E-state index contributed by atoms with van der Waals surface area (Å²) in [6, 6.07) is 41.8. The van der Waals surface area contributed by atoms with Gasteiger partial charge < -0.3 is 0 Å². The summed E-state index contributed by atoms with van der Waals surface area (Å²) in [6.45, 7) is 0.104. The summed E-state index contributed by atoms with van der Waals surface area (Å²) >= 11 is 0. The number of hydrazone groups is 1. The number of hydrogen-bond acceptors (Lipinski definition) is 3. The first-order valence-electron chi connectivity index (χ1n) is 12.2. The maximum absolute atomic E-state index is 13.7. The van der Waals surface area contributed by atoms with Gasteiger partial charge in [0.2, 0.25) is 0 Å². The molecule has 0 fully saturated rings. The molecule has 5 aromatic carbocycles. The van der Waals surface area contributed by atoms with Crippen LogP contribution in [0.5, 0.6) is 0 Å². The minimum atomic E-state index is -0.582. The Morgan fingerprint density at radius 3 is 1.92 bits per heavy atom. The van der Waals surface area contributed by atoms with Gasteiger partial charge in [0.15, 0.2) is 5.78 Å². The van der Waals surface area contributed by atoms with Crippen LogP contribution < -0.4 is 0 Å². The van der Waals surface area contributed by atoms with E-state index in [1.54, 1.807) is 30.5 Å². The van der Waals surface area contributed by atoms with Crippen molar-refractivity contribution in [3.63, 3.8) is 0 Å². The Labute approximate surface area is 216 Å².